The maximum Gasteiger partial charge on any atom is 0.155 e. The van der Waals surface area contributed by atoms with Crippen LogP contribution in [0.25, 0.3) is 5.65 Å². The van der Waals surface area contributed by atoms with Crippen molar-refractivity contribution in [3.05, 3.63) is 29.2 Å². The standard InChI is InChI=1S/C16H22N4/c1-11-9-13(12-6-7-12)17-16-10-14(18-20(11)16)15-5-3-4-8-19(15)2/h9-10,12,15H,3-8H2,1-2H3/t15-/m0/s1. The van der Waals surface area contributed by atoms with E-state index in [-0.39, 0.29) is 0 Å². The number of piperidine rings is 1. The van der Waals surface area contributed by atoms with Crippen LogP contribution in [0.1, 0.15) is 61.1 Å². The lowest BCUT2D eigenvalue weighted by Crippen LogP contribution is -2.29. The summed E-state index contributed by atoms with van der Waals surface area (Å²) < 4.78 is 2.02. The summed E-state index contributed by atoms with van der Waals surface area (Å²) >= 11 is 0. The first-order valence-electron chi connectivity index (χ1n) is 7.80. The zero-order valence-corrected chi connectivity index (χ0v) is 12.3. The summed E-state index contributed by atoms with van der Waals surface area (Å²) in [6.07, 6.45) is 6.44. The molecule has 0 spiro atoms. The molecule has 0 N–H and O–H groups in total. The molecule has 1 saturated heterocycles. The van der Waals surface area contributed by atoms with Crippen molar-refractivity contribution in [1.82, 2.24) is 19.5 Å². The highest BCUT2D eigenvalue weighted by Gasteiger charge is 2.27. The molecule has 2 fully saturated rings. The second-order valence-corrected chi connectivity index (χ2v) is 6.43. The Bertz CT molecular complexity index is 641. The zero-order chi connectivity index (χ0) is 13.7. The van der Waals surface area contributed by atoms with Crippen LogP contribution in [-0.2, 0) is 0 Å². The summed E-state index contributed by atoms with van der Waals surface area (Å²) in [6.45, 7) is 3.32. The Morgan fingerprint density at radius 1 is 1.10 bits per heavy atom. The Hall–Kier alpha value is -1.42. The van der Waals surface area contributed by atoms with Gasteiger partial charge in [0.15, 0.2) is 5.65 Å². The van der Waals surface area contributed by atoms with Gasteiger partial charge in [-0.25, -0.2) is 9.50 Å². The van der Waals surface area contributed by atoms with Crippen LogP contribution in [0.3, 0.4) is 0 Å². The first-order chi connectivity index (χ1) is 9.72. The van der Waals surface area contributed by atoms with Gasteiger partial charge < -0.3 is 0 Å². The van der Waals surface area contributed by atoms with E-state index in [2.05, 4.69) is 31.0 Å². The largest absolute Gasteiger partial charge is 0.298 e. The second kappa shape index (κ2) is 4.55. The van der Waals surface area contributed by atoms with Gasteiger partial charge >= 0.3 is 0 Å². The molecule has 4 heteroatoms. The third-order valence-corrected chi connectivity index (χ3v) is 4.75. The van der Waals surface area contributed by atoms with Crippen molar-refractivity contribution in [1.29, 1.82) is 0 Å². The Kier molecular flexibility index (Phi) is 2.81. The summed E-state index contributed by atoms with van der Waals surface area (Å²) in [6, 6.07) is 4.88. The van der Waals surface area contributed by atoms with Gasteiger partial charge in [0.25, 0.3) is 0 Å². The van der Waals surface area contributed by atoms with Gasteiger partial charge in [-0.3, -0.25) is 4.90 Å². The van der Waals surface area contributed by atoms with Crippen LogP contribution in [0.4, 0.5) is 0 Å². The van der Waals surface area contributed by atoms with Crippen molar-refractivity contribution < 1.29 is 0 Å². The fourth-order valence-electron chi connectivity index (χ4n) is 3.37. The van der Waals surface area contributed by atoms with Gasteiger partial charge in [-0.15, -0.1) is 0 Å². The van der Waals surface area contributed by atoms with Gasteiger partial charge in [-0.2, -0.15) is 5.10 Å². The van der Waals surface area contributed by atoms with Gasteiger partial charge in [0.1, 0.15) is 0 Å². The van der Waals surface area contributed by atoms with Gasteiger partial charge in [0, 0.05) is 23.4 Å². The van der Waals surface area contributed by atoms with E-state index in [0.717, 1.165) is 5.65 Å². The molecule has 0 unspecified atom stereocenters. The van der Waals surface area contributed by atoms with E-state index >= 15 is 0 Å². The maximum atomic E-state index is 4.82. The van der Waals surface area contributed by atoms with Crippen molar-refractivity contribution in [2.75, 3.05) is 13.6 Å². The van der Waals surface area contributed by atoms with Crippen molar-refractivity contribution in [3.8, 4) is 0 Å². The van der Waals surface area contributed by atoms with Crippen LogP contribution in [0, 0.1) is 6.92 Å². The number of nitrogens with zero attached hydrogens (tertiary/aromatic N) is 4. The monoisotopic (exact) mass is 270 g/mol. The van der Waals surface area contributed by atoms with Gasteiger partial charge in [-0.1, -0.05) is 6.42 Å². The van der Waals surface area contributed by atoms with E-state index in [0.29, 0.717) is 12.0 Å². The normalized spacial score (nSPS) is 24.4. The molecular formula is C16H22N4. The lowest BCUT2D eigenvalue weighted by molar-refractivity contribution is 0.183. The van der Waals surface area contributed by atoms with Crippen LogP contribution in [0.2, 0.25) is 0 Å². The summed E-state index contributed by atoms with van der Waals surface area (Å²) in [5, 5.41) is 4.82. The molecular weight excluding hydrogens is 248 g/mol. The molecule has 2 aromatic heterocycles. The first kappa shape index (κ1) is 12.3. The molecule has 106 valence electrons. The maximum absolute atomic E-state index is 4.82. The minimum Gasteiger partial charge on any atom is -0.298 e. The Morgan fingerprint density at radius 3 is 2.70 bits per heavy atom. The predicted octanol–water partition coefficient (Wildman–Crippen LogP) is 3.07. The molecule has 1 atom stereocenters. The van der Waals surface area contributed by atoms with Gasteiger partial charge in [-0.05, 0) is 52.3 Å². The number of rotatable bonds is 2. The smallest absolute Gasteiger partial charge is 0.155 e. The van der Waals surface area contributed by atoms with E-state index in [1.54, 1.807) is 0 Å². The van der Waals surface area contributed by atoms with Crippen molar-refractivity contribution in [2.45, 2.75) is 51.0 Å². The molecule has 0 bridgehead atoms. The summed E-state index contributed by atoms with van der Waals surface area (Å²) in [5.74, 6) is 0.703. The average Bonchev–Trinajstić information content (AvgIpc) is 3.19. The van der Waals surface area contributed by atoms with E-state index < -0.39 is 0 Å². The van der Waals surface area contributed by atoms with Crippen molar-refractivity contribution in [2.24, 2.45) is 0 Å². The molecule has 0 aromatic carbocycles. The SMILES string of the molecule is Cc1cc(C2CC2)nc2cc([C@@H]3CCCCN3C)nn12. The number of fused-ring (bicyclic) bond motifs is 1. The summed E-state index contributed by atoms with van der Waals surface area (Å²) in [7, 11) is 2.21. The molecule has 2 aromatic rings. The van der Waals surface area contributed by atoms with Crippen molar-refractivity contribution >= 4 is 5.65 Å². The average molecular weight is 270 g/mol. The summed E-state index contributed by atoms with van der Waals surface area (Å²) in [4.78, 5) is 7.25. The van der Waals surface area contributed by atoms with Crippen molar-refractivity contribution in [3.63, 3.8) is 0 Å². The molecule has 0 radical (unpaired) electrons. The second-order valence-electron chi connectivity index (χ2n) is 6.43. The molecule has 1 aliphatic carbocycles. The topological polar surface area (TPSA) is 33.4 Å². The molecule has 3 heterocycles. The van der Waals surface area contributed by atoms with E-state index in [1.807, 2.05) is 4.52 Å². The molecule has 4 nitrogen and oxygen atoms in total. The molecule has 1 aliphatic heterocycles. The molecule has 4 rings (SSSR count). The van der Waals surface area contributed by atoms with Crippen LogP contribution in [0.15, 0.2) is 12.1 Å². The molecule has 0 amide bonds. The van der Waals surface area contributed by atoms with E-state index in [1.165, 1.54) is 55.7 Å². The molecule has 1 saturated carbocycles. The third kappa shape index (κ3) is 2.03. The summed E-state index contributed by atoms with van der Waals surface area (Å²) in [5.41, 5.74) is 4.69. The number of aryl methyl sites for hydroxylation is 1. The lowest BCUT2D eigenvalue weighted by atomic mass is 10.0. The van der Waals surface area contributed by atoms with Crippen LogP contribution >= 0.6 is 0 Å². The highest BCUT2D eigenvalue weighted by atomic mass is 15.3. The fourth-order valence-corrected chi connectivity index (χ4v) is 3.37. The van der Waals surface area contributed by atoms with Gasteiger partial charge in [0.05, 0.1) is 11.7 Å². The van der Waals surface area contributed by atoms with Crippen LogP contribution in [-0.4, -0.2) is 33.1 Å². The third-order valence-electron chi connectivity index (χ3n) is 4.75. The van der Waals surface area contributed by atoms with Crippen LogP contribution in [0.5, 0.6) is 0 Å². The number of aromatic nitrogens is 3. The van der Waals surface area contributed by atoms with E-state index in [9.17, 15) is 0 Å². The lowest BCUT2D eigenvalue weighted by Gasteiger charge is -2.30. The predicted molar refractivity (Wildman–Crippen MR) is 78.9 cm³/mol. The van der Waals surface area contributed by atoms with Gasteiger partial charge in [0.2, 0.25) is 0 Å². The quantitative estimate of drug-likeness (QED) is 0.841. The number of hydrogen-bond donors (Lipinski definition) is 0. The van der Waals surface area contributed by atoms with E-state index in [4.69, 9.17) is 10.1 Å². The number of hydrogen-bond acceptors (Lipinski definition) is 3. The molecule has 2 aliphatic rings. The number of likely N-dealkylation sites (tertiary alicyclic amines) is 1. The Morgan fingerprint density at radius 2 is 1.95 bits per heavy atom. The zero-order valence-electron chi connectivity index (χ0n) is 12.3. The highest BCUT2D eigenvalue weighted by Crippen LogP contribution is 2.39. The minimum atomic E-state index is 0.467. The Balaban J connectivity index is 1.75. The molecule has 20 heavy (non-hydrogen) atoms. The van der Waals surface area contributed by atoms with Crippen LogP contribution < -0.4 is 0 Å². The Labute approximate surface area is 119 Å². The minimum absolute atomic E-state index is 0.467. The first-order valence-corrected chi connectivity index (χ1v) is 7.80. The highest BCUT2D eigenvalue weighted by molar-refractivity contribution is 5.43. The fraction of sp³-hybridized carbons (Fsp3) is 0.625.